The van der Waals surface area contributed by atoms with Crippen LogP contribution in [0.15, 0.2) is 0 Å². The molecule has 1 N–H and O–H groups in total. The van der Waals surface area contributed by atoms with Crippen LogP contribution in [0.1, 0.15) is 118 Å². The number of amides is 1. The highest BCUT2D eigenvalue weighted by atomic mass is 32.3. The van der Waals surface area contributed by atoms with Crippen LogP contribution in [-0.2, 0) is 34.0 Å². The molecule has 0 aromatic heterocycles. The fourth-order valence-corrected chi connectivity index (χ4v) is 12.5. The number of carbonyl (C=O) groups is 1. The maximum absolute atomic E-state index is 12.1. The largest absolute Gasteiger partial charge is 0.726 e. The van der Waals surface area contributed by atoms with Crippen molar-refractivity contribution in [1.29, 1.82) is 0 Å². The normalized spacial score (nSPS) is 39.0. The summed E-state index contributed by atoms with van der Waals surface area (Å²) in [6, 6.07) is 0.323. The van der Waals surface area contributed by atoms with Crippen molar-refractivity contribution in [2.24, 2.45) is 52.3 Å². The number of carbonyl (C=O) groups excluding carboxylic acids is 1. The molecule has 11 nitrogen and oxygen atoms in total. The third-order valence-electron chi connectivity index (χ3n) is 13.8. The van der Waals surface area contributed by atoms with Crippen LogP contribution in [0.25, 0.3) is 0 Å². The SMILES string of the molecule is CC(C)[C@@H](CC[C@@H](C)[C@H]1CC[C@H]2[C@@H]3[C@H](OS(=O)(=O)[O-])C[C@H]4C[C@@H](NCCCN5CCCC5=O)CC[C@]4(C)[C@H]3CC[C@]12C)OS(=O)(=O)[O-]. The highest BCUT2D eigenvalue weighted by molar-refractivity contribution is 7.81. The number of hydrogen-bond acceptors (Lipinski definition) is 10. The van der Waals surface area contributed by atoms with E-state index in [2.05, 4.69) is 26.1 Å². The van der Waals surface area contributed by atoms with E-state index in [1.807, 2.05) is 18.7 Å². The predicted molar refractivity (Wildman–Crippen MR) is 175 cm³/mol. The Morgan fingerprint density at radius 3 is 2.28 bits per heavy atom. The van der Waals surface area contributed by atoms with Gasteiger partial charge in [-0.25, -0.2) is 16.8 Å². The molecule has 11 atom stereocenters. The van der Waals surface area contributed by atoms with Gasteiger partial charge in [0.1, 0.15) is 0 Å². The van der Waals surface area contributed by atoms with Crippen LogP contribution in [0.2, 0.25) is 0 Å². The van der Waals surface area contributed by atoms with E-state index in [4.69, 9.17) is 8.37 Å². The Kier molecular flexibility index (Phi) is 11.5. The second-order valence-corrected chi connectivity index (χ2v) is 18.6. The molecule has 0 radical (unpaired) electrons. The summed E-state index contributed by atoms with van der Waals surface area (Å²) < 4.78 is 80.8. The van der Waals surface area contributed by atoms with E-state index in [1.165, 1.54) is 0 Å². The van der Waals surface area contributed by atoms with E-state index in [0.717, 1.165) is 83.8 Å². The van der Waals surface area contributed by atoms with E-state index in [-0.39, 0.29) is 52.2 Å². The first-order valence-corrected chi connectivity index (χ1v) is 20.9. The summed E-state index contributed by atoms with van der Waals surface area (Å²) in [5.41, 5.74) is 0.000312. The van der Waals surface area contributed by atoms with Crippen LogP contribution in [0.4, 0.5) is 0 Å². The lowest BCUT2D eigenvalue weighted by atomic mass is 9.43. The van der Waals surface area contributed by atoms with Crippen molar-refractivity contribution in [2.45, 2.75) is 136 Å². The van der Waals surface area contributed by atoms with Crippen molar-refractivity contribution in [3.8, 4) is 0 Å². The zero-order chi connectivity index (χ0) is 34.4. The zero-order valence-electron chi connectivity index (χ0n) is 29.0. The Morgan fingerprint density at radius 2 is 1.64 bits per heavy atom. The average Bonchev–Trinajstić information content (AvgIpc) is 3.54. The van der Waals surface area contributed by atoms with Gasteiger partial charge in [0.15, 0.2) is 0 Å². The highest BCUT2D eigenvalue weighted by Gasteiger charge is 2.63. The van der Waals surface area contributed by atoms with Gasteiger partial charge in [0.2, 0.25) is 26.7 Å². The lowest BCUT2D eigenvalue weighted by Crippen LogP contribution is -2.60. The van der Waals surface area contributed by atoms with Gasteiger partial charge >= 0.3 is 0 Å². The molecule has 0 bridgehead atoms. The lowest BCUT2D eigenvalue weighted by Gasteiger charge is -2.63. The lowest BCUT2D eigenvalue weighted by molar-refractivity contribution is -0.160. The van der Waals surface area contributed by atoms with E-state index < -0.39 is 33.0 Å². The number of rotatable bonds is 14. The molecule has 0 spiro atoms. The molecule has 1 aliphatic heterocycles. The molecular formula is C34H58N2O9S2-2. The van der Waals surface area contributed by atoms with Gasteiger partial charge in [0, 0.05) is 25.6 Å². The summed E-state index contributed by atoms with van der Waals surface area (Å²) in [5, 5.41) is 3.73. The van der Waals surface area contributed by atoms with Gasteiger partial charge in [-0.2, -0.15) is 0 Å². The van der Waals surface area contributed by atoms with E-state index in [1.54, 1.807) is 0 Å². The molecule has 47 heavy (non-hydrogen) atoms. The first kappa shape index (κ1) is 37.4. The Balaban J connectivity index is 1.26. The Labute approximate surface area is 283 Å². The fourth-order valence-electron chi connectivity index (χ4n) is 11.4. The first-order chi connectivity index (χ1) is 21.9. The summed E-state index contributed by atoms with van der Waals surface area (Å²) in [6.45, 7) is 13.2. The second kappa shape index (κ2) is 14.4. The molecule has 0 unspecified atom stereocenters. The molecule has 0 aromatic carbocycles. The number of nitrogens with zero attached hydrogens (tertiary/aromatic N) is 1. The van der Waals surface area contributed by atoms with E-state index >= 15 is 0 Å². The summed E-state index contributed by atoms with van der Waals surface area (Å²) in [5.74, 6) is 1.54. The van der Waals surface area contributed by atoms with Crippen LogP contribution in [-0.4, -0.2) is 74.6 Å². The van der Waals surface area contributed by atoms with Gasteiger partial charge in [0.05, 0.1) is 12.2 Å². The molecule has 13 heteroatoms. The maximum atomic E-state index is 12.1. The van der Waals surface area contributed by atoms with Gasteiger partial charge in [-0.05, 0) is 136 Å². The van der Waals surface area contributed by atoms with Gasteiger partial charge in [-0.3, -0.25) is 13.2 Å². The molecule has 5 fully saturated rings. The minimum absolute atomic E-state index is 0.00390. The highest BCUT2D eigenvalue weighted by Crippen LogP contribution is 2.69. The summed E-state index contributed by atoms with van der Waals surface area (Å²) >= 11 is 0. The molecule has 5 rings (SSSR count). The van der Waals surface area contributed by atoms with Crippen molar-refractivity contribution in [3.05, 3.63) is 0 Å². The third-order valence-corrected chi connectivity index (χ3v) is 14.7. The van der Waals surface area contributed by atoms with Gasteiger partial charge in [-0.15, -0.1) is 0 Å². The summed E-state index contributed by atoms with van der Waals surface area (Å²) in [7, 11) is -9.67. The molecule has 1 heterocycles. The second-order valence-electron chi connectivity index (χ2n) is 16.6. The molecular weight excluding hydrogens is 645 g/mol. The minimum Gasteiger partial charge on any atom is -0.726 e. The number of likely N-dealkylation sites (tertiary alicyclic amines) is 1. The quantitative estimate of drug-likeness (QED) is 0.148. The van der Waals surface area contributed by atoms with Crippen LogP contribution in [0, 0.1) is 52.3 Å². The summed E-state index contributed by atoms with van der Waals surface area (Å²) in [6.07, 6.45) is 10.0. The third kappa shape index (κ3) is 8.39. The summed E-state index contributed by atoms with van der Waals surface area (Å²) in [4.78, 5) is 13.9. The molecule has 4 aliphatic carbocycles. The molecule has 1 amide bonds. The van der Waals surface area contributed by atoms with Crippen LogP contribution in [0.3, 0.4) is 0 Å². The Bertz CT molecular complexity index is 1330. The fraction of sp³-hybridized carbons (Fsp3) is 0.971. The van der Waals surface area contributed by atoms with Crippen molar-refractivity contribution in [3.63, 3.8) is 0 Å². The standard InChI is InChI=1S/C34H60N2O9S2/c1-22(2)29(44-46(38,39)40)12-9-23(3)26-10-11-27-32-28(14-16-34(26,27)5)33(4)15-13-25(20-24(33)21-30(32)45-47(41,42)43)35-17-7-19-36-18-6-8-31(36)37/h22-30,32,35H,6-21H2,1-5H3,(H,38,39,40)(H,41,42,43)/p-2/t23-,24-,25+,26-,27+,28+,29-,30-,32+,33+,34-/m1/s1. The van der Waals surface area contributed by atoms with Gasteiger partial charge in [-0.1, -0.05) is 34.6 Å². The van der Waals surface area contributed by atoms with Crippen LogP contribution < -0.4 is 5.32 Å². The van der Waals surface area contributed by atoms with Crippen molar-refractivity contribution in [1.82, 2.24) is 10.2 Å². The molecule has 5 aliphatic rings. The zero-order valence-corrected chi connectivity index (χ0v) is 30.7. The number of nitrogens with one attached hydrogen (secondary N) is 1. The predicted octanol–water partition coefficient (Wildman–Crippen LogP) is 4.99. The molecule has 0 aromatic rings. The van der Waals surface area contributed by atoms with E-state index in [9.17, 15) is 30.7 Å². The Hall–Kier alpha value is -0.830. The van der Waals surface area contributed by atoms with Crippen molar-refractivity contribution in [2.75, 3.05) is 19.6 Å². The first-order valence-electron chi connectivity index (χ1n) is 18.2. The molecule has 4 saturated carbocycles. The smallest absolute Gasteiger partial charge is 0.222 e. The van der Waals surface area contributed by atoms with Gasteiger partial charge < -0.3 is 19.3 Å². The minimum atomic E-state index is -4.88. The van der Waals surface area contributed by atoms with Crippen molar-refractivity contribution < 1.29 is 39.1 Å². The van der Waals surface area contributed by atoms with Gasteiger partial charge in [0.25, 0.3) is 0 Å². The number of fused-ring (bicyclic) bond motifs is 5. The Morgan fingerprint density at radius 1 is 0.936 bits per heavy atom. The van der Waals surface area contributed by atoms with Crippen LogP contribution >= 0.6 is 0 Å². The average molecular weight is 703 g/mol. The maximum Gasteiger partial charge on any atom is 0.222 e. The topological polar surface area (TPSA) is 165 Å². The number of hydrogen-bond donors (Lipinski definition) is 1. The van der Waals surface area contributed by atoms with Crippen LogP contribution in [0.5, 0.6) is 0 Å². The van der Waals surface area contributed by atoms with Crippen molar-refractivity contribution >= 4 is 26.7 Å². The molecule has 1 saturated heterocycles. The monoisotopic (exact) mass is 702 g/mol. The van der Waals surface area contributed by atoms with E-state index in [0.29, 0.717) is 31.2 Å². The molecule has 272 valence electrons.